The van der Waals surface area contributed by atoms with E-state index in [9.17, 15) is 14.7 Å². The fourth-order valence-corrected chi connectivity index (χ4v) is 8.60. The van der Waals surface area contributed by atoms with Crippen molar-refractivity contribution in [3.05, 3.63) is 65.7 Å². The summed E-state index contributed by atoms with van der Waals surface area (Å²) in [6.07, 6.45) is 6.64. The van der Waals surface area contributed by atoms with Crippen molar-refractivity contribution in [2.24, 2.45) is 11.8 Å². The topological polar surface area (TPSA) is 136 Å². The van der Waals surface area contributed by atoms with E-state index in [0.29, 0.717) is 53.7 Å². The van der Waals surface area contributed by atoms with Crippen molar-refractivity contribution >= 4 is 28.8 Å². The van der Waals surface area contributed by atoms with Gasteiger partial charge in [0.1, 0.15) is 23.4 Å². The molecule has 2 atom stereocenters. The Morgan fingerprint density at radius 1 is 0.966 bits per heavy atom. The van der Waals surface area contributed by atoms with Gasteiger partial charge in [-0.3, -0.25) is 0 Å². The average molecular weight is 798 g/mol. The van der Waals surface area contributed by atoms with Gasteiger partial charge >= 0.3 is 12.1 Å². The zero-order chi connectivity index (χ0) is 41.1. The van der Waals surface area contributed by atoms with Gasteiger partial charge in [0.25, 0.3) is 0 Å². The monoisotopic (exact) mass is 797 g/mol. The Bertz CT molecular complexity index is 2050. The van der Waals surface area contributed by atoms with Gasteiger partial charge in [0.2, 0.25) is 0 Å². The van der Waals surface area contributed by atoms with Crippen LogP contribution in [0.3, 0.4) is 0 Å². The number of carbonyl (C=O) groups is 2. The van der Waals surface area contributed by atoms with E-state index >= 15 is 4.39 Å². The number of anilines is 1. The highest BCUT2D eigenvalue weighted by Gasteiger charge is 2.35. The van der Waals surface area contributed by atoms with Crippen LogP contribution < -0.4 is 5.32 Å². The number of hydrogen-bond acceptors (Lipinski definition) is 8. The third kappa shape index (κ3) is 10.2. The van der Waals surface area contributed by atoms with Crippen molar-refractivity contribution in [3.63, 3.8) is 0 Å². The normalized spacial score (nSPS) is 20.0. The quantitative estimate of drug-likeness (QED) is 0.147. The lowest BCUT2D eigenvalue weighted by Gasteiger charge is -2.37. The third-order valence-corrected chi connectivity index (χ3v) is 11.8. The first-order valence-electron chi connectivity index (χ1n) is 21.0. The molecule has 3 fully saturated rings. The van der Waals surface area contributed by atoms with Crippen LogP contribution in [-0.2, 0) is 15.9 Å². The van der Waals surface area contributed by atoms with Gasteiger partial charge in [0, 0.05) is 74.1 Å². The molecule has 3 saturated heterocycles. The van der Waals surface area contributed by atoms with Gasteiger partial charge in [-0.15, -0.1) is 0 Å². The molecule has 3 aliphatic heterocycles. The van der Waals surface area contributed by atoms with Crippen molar-refractivity contribution < 1.29 is 28.6 Å². The van der Waals surface area contributed by atoms with E-state index in [4.69, 9.17) is 9.47 Å². The second-order valence-electron chi connectivity index (χ2n) is 17.9. The molecule has 3 amide bonds. The van der Waals surface area contributed by atoms with Crippen LogP contribution in [0.5, 0.6) is 0 Å². The summed E-state index contributed by atoms with van der Waals surface area (Å²) in [7, 11) is 0. The van der Waals surface area contributed by atoms with Gasteiger partial charge in [-0.25, -0.2) is 23.9 Å². The maximum atomic E-state index is 15.2. The summed E-state index contributed by atoms with van der Waals surface area (Å²) in [5.74, 6) is -0.0505. The number of amides is 3. The smallest absolute Gasteiger partial charge is 0.410 e. The first-order valence-corrected chi connectivity index (χ1v) is 21.0. The molecule has 58 heavy (non-hydrogen) atoms. The molecule has 4 aromatic rings. The maximum Gasteiger partial charge on any atom is 0.410 e. The molecule has 0 bridgehead atoms. The van der Waals surface area contributed by atoms with Crippen molar-refractivity contribution in [2.45, 2.75) is 104 Å². The minimum Gasteiger partial charge on any atom is -0.444 e. The van der Waals surface area contributed by atoms with Crippen molar-refractivity contribution in [1.82, 2.24) is 29.7 Å². The number of aromatic nitrogens is 3. The Morgan fingerprint density at radius 3 is 2.33 bits per heavy atom. The predicted molar refractivity (Wildman–Crippen MR) is 224 cm³/mol. The third-order valence-electron chi connectivity index (χ3n) is 11.8. The summed E-state index contributed by atoms with van der Waals surface area (Å²) in [6.45, 7) is 16.8. The van der Waals surface area contributed by atoms with E-state index in [1.807, 2.05) is 33.8 Å². The largest absolute Gasteiger partial charge is 0.444 e. The Labute approximate surface area is 341 Å². The summed E-state index contributed by atoms with van der Waals surface area (Å²) >= 11 is 0. The SMILES string of the molecule is Cc1c(NC(=O)N2C[C@H](CC(C)C)[C@@H](O)C2)cc(F)cc1-c1ncnc2[nH]c(-c3ccc(CCN4CCC(OC5CCN(C(=O)OC(C)(C)C)CC5)CC4)cc3)cc12. The summed E-state index contributed by atoms with van der Waals surface area (Å²) in [5.41, 5.74) is 5.51. The summed E-state index contributed by atoms with van der Waals surface area (Å²) in [6, 6.07) is 13.0. The fraction of sp³-hybridized carbons (Fsp3) is 0.556. The number of aromatic amines is 1. The number of likely N-dealkylation sites (tertiary alicyclic amines) is 3. The van der Waals surface area contributed by atoms with Crippen LogP contribution in [0.2, 0.25) is 0 Å². The van der Waals surface area contributed by atoms with Crippen LogP contribution in [0.4, 0.5) is 19.7 Å². The zero-order valence-electron chi connectivity index (χ0n) is 34.9. The highest BCUT2D eigenvalue weighted by molar-refractivity contribution is 5.97. The number of nitrogens with zero attached hydrogens (tertiary/aromatic N) is 5. The van der Waals surface area contributed by atoms with Crippen molar-refractivity contribution in [2.75, 3.05) is 51.1 Å². The average Bonchev–Trinajstić information content (AvgIpc) is 3.79. The number of hydrogen-bond donors (Lipinski definition) is 3. The second kappa shape index (κ2) is 17.7. The van der Waals surface area contributed by atoms with Gasteiger partial charge in [-0.05, 0) is 107 Å². The standard InChI is InChI=1S/C45H60FN7O5/c1-28(2)21-32-25-53(26-40(32)54)43(55)50-38-23-33(46)22-36(29(38)3)41-37-24-39(49-42(37)48-27-47-41)31-9-7-30(8-10-31)11-16-51-17-12-34(13-18-51)57-35-14-19-52(20-15-35)44(56)58-45(4,5)6/h7-10,22-24,27-28,32,34-35,40,54H,11-21,25-26H2,1-6H3,(H,50,55)(H,47,48,49)/t32-,40-/m0/s1. The number of piperidine rings is 2. The number of carbonyl (C=O) groups excluding carboxylic acids is 2. The van der Waals surface area contributed by atoms with Gasteiger partial charge in [0.15, 0.2) is 0 Å². The number of ether oxygens (including phenoxy) is 2. The number of fused-ring (bicyclic) bond motifs is 1. The highest BCUT2D eigenvalue weighted by Crippen LogP contribution is 2.35. The molecule has 5 heterocycles. The van der Waals surface area contributed by atoms with E-state index in [2.05, 4.69) is 63.3 Å². The maximum absolute atomic E-state index is 15.2. The molecule has 0 saturated carbocycles. The van der Waals surface area contributed by atoms with Gasteiger partial charge in [0.05, 0.1) is 24.0 Å². The summed E-state index contributed by atoms with van der Waals surface area (Å²) < 4.78 is 27.2. The number of nitrogens with one attached hydrogen (secondary N) is 2. The lowest BCUT2D eigenvalue weighted by molar-refractivity contribution is -0.0661. The number of urea groups is 1. The molecule has 2 aromatic carbocycles. The van der Waals surface area contributed by atoms with E-state index in [1.54, 1.807) is 9.80 Å². The molecule has 13 heteroatoms. The summed E-state index contributed by atoms with van der Waals surface area (Å²) in [4.78, 5) is 44.1. The number of aliphatic hydroxyl groups excluding tert-OH is 1. The van der Waals surface area contributed by atoms with Crippen LogP contribution in [-0.4, -0.2) is 117 Å². The molecule has 0 radical (unpaired) electrons. The second-order valence-corrected chi connectivity index (χ2v) is 17.9. The number of rotatable bonds is 10. The van der Waals surface area contributed by atoms with E-state index in [-0.39, 0.29) is 36.8 Å². The number of aliphatic hydroxyl groups is 1. The molecule has 12 nitrogen and oxygen atoms in total. The molecule has 0 aliphatic carbocycles. The van der Waals surface area contributed by atoms with E-state index in [0.717, 1.165) is 74.8 Å². The van der Waals surface area contributed by atoms with Crippen molar-refractivity contribution in [3.8, 4) is 22.5 Å². The van der Waals surface area contributed by atoms with Crippen LogP contribution in [0.1, 0.15) is 77.8 Å². The van der Waals surface area contributed by atoms with Crippen LogP contribution in [0, 0.1) is 24.6 Å². The van der Waals surface area contributed by atoms with Crippen molar-refractivity contribution in [1.29, 1.82) is 0 Å². The Balaban J connectivity index is 0.922. The summed E-state index contributed by atoms with van der Waals surface area (Å²) in [5, 5.41) is 14.2. The minimum absolute atomic E-state index is 0.0222. The minimum atomic E-state index is -0.573. The Morgan fingerprint density at radius 2 is 1.66 bits per heavy atom. The molecule has 0 unspecified atom stereocenters. The molecule has 3 N–H and O–H groups in total. The molecule has 0 spiro atoms. The van der Waals surface area contributed by atoms with E-state index < -0.39 is 17.5 Å². The van der Waals surface area contributed by atoms with Gasteiger partial charge in [-0.2, -0.15) is 0 Å². The molecule has 3 aliphatic rings. The van der Waals surface area contributed by atoms with Crippen LogP contribution >= 0.6 is 0 Å². The first-order chi connectivity index (χ1) is 27.7. The van der Waals surface area contributed by atoms with Crippen LogP contribution in [0.25, 0.3) is 33.5 Å². The van der Waals surface area contributed by atoms with Gasteiger partial charge in [-0.1, -0.05) is 38.1 Å². The van der Waals surface area contributed by atoms with Gasteiger partial charge < -0.3 is 39.6 Å². The van der Waals surface area contributed by atoms with E-state index in [1.165, 1.54) is 24.0 Å². The molecular weight excluding hydrogens is 738 g/mol. The lowest BCUT2D eigenvalue weighted by Crippen LogP contribution is -2.45. The number of β-amino-alcohol motifs (C(OH)–C–C–N with tert-alkyl or cyclic N) is 1. The number of benzene rings is 2. The Kier molecular flexibility index (Phi) is 12.7. The highest BCUT2D eigenvalue weighted by atomic mass is 19.1. The number of halogens is 1. The molecule has 312 valence electrons. The molecular formula is C45H60FN7O5. The lowest BCUT2D eigenvalue weighted by atomic mass is 9.95. The first kappa shape index (κ1) is 41.6. The fourth-order valence-electron chi connectivity index (χ4n) is 8.60. The zero-order valence-corrected chi connectivity index (χ0v) is 34.9. The Hall–Kier alpha value is -4.59. The predicted octanol–water partition coefficient (Wildman–Crippen LogP) is 8.03. The van der Waals surface area contributed by atoms with Crippen LogP contribution in [0.15, 0.2) is 48.8 Å². The molecule has 7 rings (SSSR count). The molecule has 2 aromatic heterocycles. The number of H-pyrrole nitrogens is 1.